The van der Waals surface area contributed by atoms with Crippen LogP contribution in [0.4, 0.5) is 0 Å². The summed E-state index contributed by atoms with van der Waals surface area (Å²) in [4.78, 5) is -0.480. The fraction of sp³-hybridized carbons (Fsp3) is 0.625. The average molecular weight is 655 g/mol. The molecule has 0 unspecified atom stereocenters. The molecule has 43 heavy (non-hydrogen) atoms. The zero-order valence-electron chi connectivity index (χ0n) is 26.9. The first-order valence-electron chi connectivity index (χ1n) is 15.4. The monoisotopic (exact) mass is 654 g/mol. The van der Waals surface area contributed by atoms with Crippen molar-refractivity contribution >= 4 is 20.2 Å². The van der Waals surface area contributed by atoms with Gasteiger partial charge >= 0.3 is 59.1 Å². The summed E-state index contributed by atoms with van der Waals surface area (Å²) in [5, 5.41) is 0. The number of hydrogen-bond acceptors (Lipinski definition) is 7. The van der Waals surface area contributed by atoms with Gasteiger partial charge in [-0.3, -0.25) is 0 Å². The Hall–Kier alpha value is 0.0600. The van der Waals surface area contributed by atoms with Gasteiger partial charge in [0.25, 0.3) is 0 Å². The molecule has 2 rings (SSSR count). The molecule has 0 aliphatic heterocycles. The molecular weight excluding hydrogens is 606 g/mol. The SMILES string of the molecule is CCCCCCCCCCc1cc(Oc2ccc(S(=O)(=O)[O-])c(CCCCCCCCCC)c2)ccc1S(=O)(=O)[O-].[Na+].[Na+]. The molecule has 0 amide bonds. The molecule has 0 fully saturated rings. The van der Waals surface area contributed by atoms with Crippen LogP contribution in [0.3, 0.4) is 0 Å². The van der Waals surface area contributed by atoms with Crippen LogP contribution in [0.25, 0.3) is 0 Å². The van der Waals surface area contributed by atoms with Crippen LogP contribution in [0.5, 0.6) is 11.5 Å². The van der Waals surface area contributed by atoms with Gasteiger partial charge in [-0.25, -0.2) is 16.8 Å². The largest absolute Gasteiger partial charge is 1.00 e. The molecule has 0 heterocycles. The summed E-state index contributed by atoms with van der Waals surface area (Å²) in [7, 11) is -9.28. The molecule has 2 aromatic rings. The fourth-order valence-corrected chi connectivity index (χ4v) is 6.59. The summed E-state index contributed by atoms with van der Waals surface area (Å²) in [6.45, 7) is 4.37. The third-order valence-electron chi connectivity index (χ3n) is 7.44. The van der Waals surface area contributed by atoms with E-state index in [0.717, 1.165) is 51.4 Å². The van der Waals surface area contributed by atoms with Gasteiger partial charge in [-0.1, -0.05) is 104 Å². The zero-order valence-corrected chi connectivity index (χ0v) is 32.5. The van der Waals surface area contributed by atoms with Gasteiger partial charge in [-0.2, -0.15) is 0 Å². The van der Waals surface area contributed by atoms with Crippen LogP contribution in [0, 0.1) is 0 Å². The summed E-state index contributed by atoms with van der Waals surface area (Å²) in [6, 6.07) is 8.55. The quantitative estimate of drug-likeness (QED) is 0.109. The zero-order chi connectivity index (χ0) is 30.1. The van der Waals surface area contributed by atoms with Crippen molar-refractivity contribution in [2.45, 2.75) is 139 Å². The molecule has 0 spiro atoms. The molecule has 0 bridgehead atoms. The van der Waals surface area contributed by atoms with E-state index in [1.165, 1.54) is 75.6 Å². The Balaban J connectivity index is 0.00000882. The van der Waals surface area contributed by atoms with Gasteiger partial charge in [0.05, 0.1) is 9.79 Å². The summed E-state index contributed by atoms with van der Waals surface area (Å²) in [6.07, 6.45) is 18.5. The number of hydrogen-bond donors (Lipinski definition) is 0. The van der Waals surface area contributed by atoms with Gasteiger partial charge in [-0.05, 0) is 73.2 Å². The Kier molecular flexibility index (Phi) is 23.4. The predicted octanol–water partition coefficient (Wildman–Crippen LogP) is 2.66. The second-order valence-electron chi connectivity index (χ2n) is 11.0. The third-order valence-corrected chi connectivity index (χ3v) is 9.31. The van der Waals surface area contributed by atoms with Crippen LogP contribution < -0.4 is 63.9 Å². The Morgan fingerprint density at radius 1 is 0.512 bits per heavy atom. The van der Waals surface area contributed by atoms with Gasteiger partial charge in [0, 0.05) is 0 Å². The molecule has 7 nitrogen and oxygen atoms in total. The van der Waals surface area contributed by atoms with E-state index in [1.54, 1.807) is 12.1 Å². The second kappa shape index (κ2) is 23.4. The van der Waals surface area contributed by atoms with Crippen molar-refractivity contribution in [3.8, 4) is 11.5 Å². The molecule has 0 aliphatic rings. The van der Waals surface area contributed by atoms with E-state index in [-0.39, 0.29) is 68.9 Å². The maximum Gasteiger partial charge on any atom is 1.00 e. The van der Waals surface area contributed by atoms with E-state index in [1.807, 2.05) is 0 Å². The van der Waals surface area contributed by atoms with Crippen molar-refractivity contribution in [3.05, 3.63) is 47.5 Å². The number of ether oxygens (including phenoxy) is 1. The molecule has 0 aliphatic carbocycles. The first kappa shape index (κ1) is 43.1. The minimum Gasteiger partial charge on any atom is -0.744 e. The summed E-state index contributed by atoms with van der Waals surface area (Å²) >= 11 is 0. The van der Waals surface area contributed by atoms with Crippen LogP contribution >= 0.6 is 0 Å². The fourth-order valence-electron chi connectivity index (χ4n) is 5.15. The minimum atomic E-state index is -4.64. The summed E-state index contributed by atoms with van der Waals surface area (Å²) < 4.78 is 77.2. The Morgan fingerprint density at radius 3 is 1.12 bits per heavy atom. The molecule has 11 heteroatoms. The van der Waals surface area contributed by atoms with E-state index in [4.69, 9.17) is 4.74 Å². The van der Waals surface area contributed by atoms with E-state index in [9.17, 15) is 25.9 Å². The predicted molar refractivity (Wildman–Crippen MR) is 162 cm³/mol. The molecule has 2 aromatic carbocycles. The third kappa shape index (κ3) is 17.5. The van der Waals surface area contributed by atoms with Crippen molar-refractivity contribution in [2.24, 2.45) is 0 Å². The van der Waals surface area contributed by atoms with Gasteiger partial charge in [0.15, 0.2) is 0 Å². The maximum atomic E-state index is 11.9. The van der Waals surface area contributed by atoms with Crippen molar-refractivity contribution in [2.75, 3.05) is 0 Å². The number of aryl methyl sites for hydroxylation is 2. The molecular formula is C32H48Na2O7S2. The Labute approximate surface area is 305 Å². The normalized spacial score (nSPS) is 11.5. The smallest absolute Gasteiger partial charge is 0.744 e. The van der Waals surface area contributed by atoms with Crippen LogP contribution in [-0.4, -0.2) is 25.9 Å². The van der Waals surface area contributed by atoms with Gasteiger partial charge in [0.1, 0.15) is 31.7 Å². The van der Waals surface area contributed by atoms with Crippen LogP contribution in [0.1, 0.15) is 128 Å². The van der Waals surface area contributed by atoms with Crippen LogP contribution in [0.15, 0.2) is 46.2 Å². The number of benzene rings is 2. The minimum absolute atomic E-state index is 0. The molecule has 0 radical (unpaired) electrons. The molecule has 0 N–H and O–H groups in total. The topological polar surface area (TPSA) is 124 Å². The van der Waals surface area contributed by atoms with Crippen molar-refractivity contribution < 1.29 is 89.8 Å². The van der Waals surface area contributed by atoms with Gasteiger partial charge < -0.3 is 13.8 Å². The standard InChI is InChI=1S/C32H50O7S2.2Na/c1-3-5-7-9-11-13-15-17-19-27-25-29(21-23-31(27)40(33,34)35)39-30-22-24-32(41(36,37)38)28(26-30)20-18-16-14-12-10-8-6-4-2;;/h21-26H,3-20H2,1-2H3,(H,33,34,35)(H,36,37,38);;/q;2*+1/p-2. The Bertz CT molecular complexity index is 1170. The second-order valence-corrected chi connectivity index (χ2v) is 13.7. The molecule has 0 atom stereocenters. The average Bonchev–Trinajstić information content (AvgIpc) is 2.90. The van der Waals surface area contributed by atoms with Crippen LogP contribution in [0.2, 0.25) is 0 Å². The molecule has 0 saturated heterocycles. The van der Waals surface area contributed by atoms with E-state index < -0.39 is 20.2 Å². The summed E-state index contributed by atoms with van der Waals surface area (Å²) in [5.74, 6) is 0.699. The molecule has 0 aromatic heterocycles. The van der Waals surface area contributed by atoms with Crippen molar-refractivity contribution in [3.63, 3.8) is 0 Å². The van der Waals surface area contributed by atoms with Gasteiger partial charge in [-0.15, -0.1) is 0 Å². The summed E-state index contributed by atoms with van der Waals surface area (Å²) in [5.41, 5.74) is 0.836. The van der Waals surface area contributed by atoms with Crippen molar-refractivity contribution in [1.82, 2.24) is 0 Å². The first-order chi connectivity index (χ1) is 19.6. The molecule has 232 valence electrons. The number of rotatable bonds is 22. The number of unbranched alkanes of at least 4 members (excludes halogenated alkanes) is 14. The van der Waals surface area contributed by atoms with Crippen molar-refractivity contribution in [1.29, 1.82) is 0 Å². The first-order valence-corrected chi connectivity index (χ1v) is 18.2. The Morgan fingerprint density at radius 2 is 0.814 bits per heavy atom. The maximum absolute atomic E-state index is 11.9. The van der Waals surface area contributed by atoms with E-state index >= 15 is 0 Å². The van der Waals surface area contributed by atoms with E-state index in [2.05, 4.69) is 13.8 Å². The van der Waals surface area contributed by atoms with Crippen LogP contribution in [-0.2, 0) is 33.1 Å². The molecule has 0 saturated carbocycles. The van der Waals surface area contributed by atoms with Gasteiger partial charge in [0.2, 0.25) is 0 Å². The van der Waals surface area contributed by atoms with E-state index in [0.29, 0.717) is 35.5 Å².